The largest absolute Gasteiger partial charge is 0.293 e. The van der Waals surface area contributed by atoms with E-state index in [1.807, 2.05) is 37.3 Å². The number of benzene rings is 1. The van der Waals surface area contributed by atoms with Gasteiger partial charge in [-0.15, -0.1) is 0 Å². The molecule has 1 aromatic carbocycles. The molecule has 2 nitrogen and oxygen atoms in total. The molecule has 16 heavy (non-hydrogen) atoms. The summed E-state index contributed by atoms with van der Waals surface area (Å²) in [5.41, 5.74) is 1.90. The van der Waals surface area contributed by atoms with Crippen molar-refractivity contribution in [2.75, 3.05) is 0 Å². The number of carbonyl (C=O) groups is 1. The number of rotatable bonds is 3. The number of hydrogen-bond donors (Lipinski definition) is 0. The lowest BCUT2D eigenvalue weighted by Crippen LogP contribution is -2.25. The number of carbonyl (C=O) groups excluding carboxylic acids is 1. The summed E-state index contributed by atoms with van der Waals surface area (Å²) in [6.45, 7) is 2.02. The lowest BCUT2D eigenvalue weighted by molar-refractivity contribution is 0.0984. The van der Waals surface area contributed by atoms with Gasteiger partial charge in [0.15, 0.2) is 5.78 Å². The predicted molar refractivity (Wildman–Crippen MR) is 69.6 cm³/mol. The van der Waals surface area contributed by atoms with Crippen LogP contribution in [0.2, 0.25) is 0 Å². The molecule has 2 atom stereocenters. The van der Waals surface area contributed by atoms with Crippen LogP contribution in [0.1, 0.15) is 30.1 Å². The molecule has 0 aliphatic carbocycles. The Bertz CT molecular complexity index is 413. The highest BCUT2D eigenvalue weighted by atomic mass is 79.9. The molecule has 84 valence electrons. The molecule has 0 unspecified atom stereocenters. The number of hydrogen-bond acceptors (Lipinski definition) is 2. The Balaban J connectivity index is 2.11. The van der Waals surface area contributed by atoms with Crippen LogP contribution in [0, 0.1) is 0 Å². The zero-order valence-corrected chi connectivity index (χ0v) is 10.8. The summed E-state index contributed by atoms with van der Waals surface area (Å²) in [5, 5.41) is 0. The number of nitrogens with zero attached hydrogens (tertiary/aromatic N) is 1. The van der Waals surface area contributed by atoms with E-state index in [0.717, 1.165) is 24.1 Å². The van der Waals surface area contributed by atoms with Gasteiger partial charge in [0.2, 0.25) is 0 Å². The molecule has 2 rings (SSSR count). The van der Waals surface area contributed by atoms with Gasteiger partial charge in [0.25, 0.3) is 0 Å². The molecule has 0 fully saturated rings. The predicted octanol–water partition coefficient (Wildman–Crippen LogP) is 3.26. The smallest absolute Gasteiger partial charge is 0.178 e. The molecule has 0 radical (unpaired) electrons. The molecule has 0 saturated carbocycles. The fourth-order valence-electron chi connectivity index (χ4n) is 1.92. The van der Waals surface area contributed by atoms with Gasteiger partial charge >= 0.3 is 0 Å². The lowest BCUT2D eigenvalue weighted by Gasteiger charge is -2.13. The standard InChI is InChI=1S/C13H14BrNO/c1-9-7-8-11(15-9)12(14)13(16)10-5-3-2-4-6-10/h2-6,11-12H,7-8H2,1H3/t11-,12-/m1/s1. The van der Waals surface area contributed by atoms with Gasteiger partial charge in [-0.1, -0.05) is 46.3 Å². The molecule has 3 heteroatoms. The summed E-state index contributed by atoms with van der Waals surface area (Å²) >= 11 is 3.48. The van der Waals surface area contributed by atoms with Crippen LogP contribution in [-0.4, -0.2) is 22.4 Å². The highest BCUT2D eigenvalue weighted by Gasteiger charge is 2.28. The van der Waals surface area contributed by atoms with Crippen molar-refractivity contribution in [2.24, 2.45) is 4.99 Å². The lowest BCUT2D eigenvalue weighted by atomic mass is 10.0. The van der Waals surface area contributed by atoms with E-state index in [1.54, 1.807) is 0 Å². The first-order chi connectivity index (χ1) is 7.68. The first-order valence-corrected chi connectivity index (χ1v) is 6.36. The highest BCUT2D eigenvalue weighted by Crippen LogP contribution is 2.24. The molecule has 0 spiro atoms. The molecule has 1 aliphatic heterocycles. The number of Topliss-reactive ketones (excluding diaryl/α,β-unsaturated/α-hetero) is 1. The SMILES string of the molecule is CC1=N[C@@H]([C@@H](Br)C(=O)c2ccccc2)CC1. The Labute approximate surface area is 104 Å². The van der Waals surface area contributed by atoms with Crippen LogP contribution in [0.25, 0.3) is 0 Å². The molecule has 1 aromatic rings. The maximum atomic E-state index is 12.1. The van der Waals surface area contributed by atoms with E-state index in [4.69, 9.17) is 0 Å². The first-order valence-electron chi connectivity index (χ1n) is 5.45. The second-order valence-electron chi connectivity index (χ2n) is 4.10. The molecule has 0 amide bonds. The van der Waals surface area contributed by atoms with Crippen LogP contribution in [0.3, 0.4) is 0 Å². The van der Waals surface area contributed by atoms with E-state index in [9.17, 15) is 4.79 Å². The number of ketones is 1. The van der Waals surface area contributed by atoms with E-state index < -0.39 is 0 Å². The summed E-state index contributed by atoms with van der Waals surface area (Å²) in [5.74, 6) is 0.129. The van der Waals surface area contributed by atoms with Crippen LogP contribution in [0.15, 0.2) is 35.3 Å². The third-order valence-electron chi connectivity index (χ3n) is 2.83. The summed E-state index contributed by atoms with van der Waals surface area (Å²) in [6, 6.07) is 9.49. The zero-order valence-electron chi connectivity index (χ0n) is 9.19. The number of aliphatic imine (C=N–C) groups is 1. The molecule has 0 bridgehead atoms. The number of halogens is 1. The van der Waals surface area contributed by atoms with E-state index in [2.05, 4.69) is 20.9 Å². The molecule has 1 heterocycles. The van der Waals surface area contributed by atoms with Crippen molar-refractivity contribution >= 4 is 27.4 Å². The van der Waals surface area contributed by atoms with Gasteiger partial charge in [0, 0.05) is 11.3 Å². The zero-order chi connectivity index (χ0) is 11.5. The molecule has 1 aliphatic rings. The molecular formula is C13H14BrNO. The first kappa shape index (κ1) is 11.5. The van der Waals surface area contributed by atoms with Gasteiger partial charge in [0.05, 0.1) is 6.04 Å². The maximum absolute atomic E-state index is 12.1. The van der Waals surface area contributed by atoms with Gasteiger partial charge < -0.3 is 0 Å². The minimum atomic E-state index is -0.188. The van der Waals surface area contributed by atoms with Crippen molar-refractivity contribution < 1.29 is 4.79 Å². The Morgan fingerprint density at radius 1 is 1.44 bits per heavy atom. The quantitative estimate of drug-likeness (QED) is 0.617. The van der Waals surface area contributed by atoms with E-state index in [1.165, 1.54) is 0 Å². The maximum Gasteiger partial charge on any atom is 0.178 e. The average Bonchev–Trinajstić information content (AvgIpc) is 2.75. The summed E-state index contributed by atoms with van der Waals surface area (Å²) < 4.78 is 0. The fourth-order valence-corrected chi connectivity index (χ4v) is 2.56. The second kappa shape index (κ2) is 4.91. The fraction of sp³-hybridized carbons (Fsp3) is 0.385. The van der Waals surface area contributed by atoms with Crippen LogP contribution in [0.5, 0.6) is 0 Å². The van der Waals surface area contributed by atoms with Crippen molar-refractivity contribution in [3.63, 3.8) is 0 Å². The van der Waals surface area contributed by atoms with Gasteiger partial charge in [-0.05, 0) is 19.8 Å². The van der Waals surface area contributed by atoms with Crippen molar-refractivity contribution in [3.05, 3.63) is 35.9 Å². The molecule has 0 saturated heterocycles. The van der Waals surface area contributed by atoms with Crippen molar-refractivity contribution in [3.8, 4) is 0 Å². The number of alkyl halides is 1. The third-order valence-corrected chi connectivity index (χ3v) is 3.86. The van der Waals surface area contributed by atoms with Crippen molar-refractivity contribution in [1.82, 2.24) is 0 Å². The monoisotopic (exact) mass is 279 g/mol. The summed E-state index contributed by atoms with van der Waals surface area (Å²) in [7, 11) is 0. The van der Waals surface area contributed by atoms with E-state index in [-0.39, 0.29) is 16.7 Å². The van der Waals surface area contributed by atoms with Crippen LogP contribution >= 0.6 is 15.9 Å². The third kappa shape index (κ3) is 2.40. The van der Waals surface area contributed by atoms with Crippen LogP contribution in [-0.2, 0) is 0 Å². The van der Waals surface area contributed by atoms with Crippen molar-refractivity contribution in [1.29, 1.82) is 0 Å². The Kier molecular flexibility index (Phi) is 3.54. The molecule has 0 N–H and O–H groups in total. The van der Waals surface area contributed by atoms with Gasteiger partial charge in [0.1, 0.15) is 4.83 Å². The van der Waals surface area contributed by atoms with Crippen LogP contribution in [0.4, 0.5) is 0 Å². The van der Waals surface area contributed by atoms with Gasteiger partial charge in [-0.25, -0.2) is 0 Å². The summed E-state index contributed by atoms with van der Waals surface area (Å²) in [4.78, 5) is 16.4. The van der Waals surface area contributed by atoms with Gasteiger partial charge in [-0.3, -0.25) is 9.79 Å². The minimum absolute atomic E-state index is 0.104. The van der Waals surface area contributed by atoms with E-state index >= 15 is 0 Å². The molecule has 0 aromatic heterocycles. The van der Waals surface area contributed by atoms with Crippen LogP contribution < -0.4 is 0 Å². The Hall–Kier alpha value is -0.960. The van der Waals surface area contributed by atoms with Crippen molar-refractivity contribution in [2.45, 2.75) is 30.6 Å². The van der Waals surface area contributed by atoms with Gasteiger partial charge in [-0.2, -0.15) is 0 Å². The normalized spacial score (nSPS) is 21.6. The topological polar surface area (TPSA) is 29.4 Å². The average molecular weight is 280 g/mol. The Morgan fingerprint density at radius 3 is 2.69 bits per heavy atom. The van der Waals surface area contributed by atoms with E-state index in [0.29, 0.717) is 0 Å². The molecular weight excluding hydrogens is 266 g/mol. The summed E-state index contributed by atoms with van der Waals surface area (Å²) in [6.07, 6.45) is 1.98. The second-order valence-corrected chi connectivity index (χ2v) is 5.09. The Morgan fingerprint density at radius 2 is 2.12 bits per heavy atom. The highest BCUT2D eigenvalue weighted by molar-refractivity contribution is 9.10. The minimum Gasteiger partial charge on any atom is -0.293 e.